The van der Waals surface area contributed by atoms with Crippen LogP contribution in [0.1, 0.15) is 61.6 Å². The van der Waals surface area contributed by atoms with Gasteiger partial charge in [0.1, 0.15) is 23.5 Å². The van der Waals surface area contributed by atoms with E-state index in [1.54, 1.807) is 17.9 Å². The first kappa shape index (κ1) is 18.7. The summed E-state index contributed by atoms with van der Waals surface area (Å²) in [6.45, 7) is 7.72. The molecule has 1 aromatic rings. The number of aryl methyl sites for hydroxylation is 1. The Hall–Kier alpha value is -2.62. The monoisotopic (exact) mass is 344 g/mol. The van der Waals surface area contributed by atoms with Gasteiger partial charge in [0.2, 0.25) is 0 Å². The third-order valence-corrected chi connectivity index (χ3v) is 3.87. The lowest BCUT2D eigenvalue weighted by Gasteiger charge is -2.37. The Morgan fingerprint density at radius 1 is 1.40 bits per heavy atom. The average Bonchev–Trinajstić information content (AvgIpc) is 2.53. The van der Waals surface area contributed by atoms with E-state index in [4.69, 9.17) is 10.00 Å². The van der Waals surface area contributed by atoms with Gasteiger partial charge in [0.25, 0.3) is 5.91 Å². The molecule has 1 N–H and O–H groups in total. The van der Waals surface area contributed by atoms with E-state index in [2.05, 4.69) is 10.3 Å². The number of nitriles is 1. The predicted octanol–water partition coefficient (Wildman–Crippen LogP) is 2.74. The minimum atomic E-state index is -0.586. The Balaban J connectivity index is 2.10. The fraction of sp³-hybridized carbons (Fsp3) is 0.556. The number of amides is 2. The van der Waals surface area contributed by atoms with Crippen molar-refractivity contribution in [3.8, 4) is 6.07 Å². The lowest BCUT2D eigenvalue weighted by Crippen LogP contribution is -2.54. The first-order valence-electron chi connectivity index (χ1n) is 8.38. The Kier molecular flexibility index (Phi) is 5.62. The average molecular weight is 344 g/mol. The van der Waals surface area contributed by atoms with Crippen LogP contribution in [0, 0.1) is 18.3 Å². The Labute approximate surface area is 148 Å². The van der Waals surface area contributed by atoms with Crippen molar-refractivity contribution in [2.75, 3.05) is 6.54 Å². The van der Waals surface area contributed by atoms with Crippen LogP contribution in [0.5, 0.6) is 0 Å². The van der Waals surface area contributed by atoms with Crippen LogP contribution >= 0.6 is 0 Å². The molecule has 134 valence electrons. The van der Waals surface area contributed by atoms with Gasteiger partial charge in [-0.05, 0) is 58.6 Å². The molecule has 0 bridgehead atoms. The summed E-state index contributed by atoms with van der Waals surface area (Å²) in [6.07, 6.45) is 3.02. The molecule has 2 rings (SSSR count). The van der Waals surface area contributed by atoms with Crippen molar-refractivity contribution in [1.82, 2.24) is 15.2 Å². The second kappa shape index (κ2) is 7.51. The van der Waals surface area contributed by atoms with Crippen LogP contribution in [-0.2, 0) is 4.74 Å². The summed E-state index contributed by atoms with van der Waals surface area (Å²) >= 11 is 0. The molecule has 1 saturated heterocycles. The van der Waals surface area contributed by atoms with Gasteiger partial charge in [0.15, 0.2) is 0 Å². The maximum atomic E-state index is 12.5. The van der Waals surface area contributed by atoms with E-state index in [-0.39, 0.29) is 5.91 Å². The van der Waals surface area contributed by atoms with Gasteiger partial charge in [-0.3, -0.25) is 9.69 Å². The molecule has 25 heavy (non-hydrogen) atoms. The third-order valence-electron chi connectivity index (χ3n) is 3.87. The van der Waals surface area contributed by atoms with Gasteiger partial charge in [-0.2, -0.15) is 5.26 Å². The van der Waals surface area contributed by atoms with Crippen LogP contribution in [0.15, 0.2) is 12.3 Å². The van der Waals surface area contributed by atoms with Gasteiger partial charge in [0.05, 0.1) is 5.56 Å². The van der Waals surface area contributed by atoms with E-state index in [0.717, 1.165) is 12.8 Å². The highest BCUT2D eigenvalue weighted by Gasteiger charge is 2.31. The lowest BCUT2D eigenvalue weighted by atomic mass is 10.1. The van der Waals surface area contributed by atoms with E-state index in [1.807, 2.05) is 26.8 Å². The van der Waals surface area contributed by atoms with Crippen molar-refractivity contribution in [3.63, 3.8) is 0 Å². The molecular weight excluding hydrogens is 320 g/mol. The number of aromatic nitrogens is 1. The van der Waals surface area contributed by atoms with Crippen LogP contribution in [0.4, 0.5) is 4.79 Å². The summed E-state index contributed by atoms with van der Waals surface area (Å²) in [5.41, 5.74) is 0.718. The zero-order chi connectivity index (χ0) is 18.6. The zero-order valence-corrected chi connectivity index (χ0v) is 15.1. The van der Waals surface area contributed by atoms with Crippen molar-refractivity contribution in [2.45, 2.75) is 58.7 Å². The van der Waals surface area contributed by atoms with Crippen LogP contribution < -0.4 is 5.32 Å². The van der Waals surface area contributed by atoms with Crippen molar-refractivity contribution in [3.05, 3.63) is 29.1 Å². The Morgan fingerprint density at radius 3 is 2.72 bits per heavy atom. The largest absolute Gasteiger partial charge is 0.444 e. The number of pyridine rings is 1. The Bertz CT molecular complexity index is 703. The normalized spacial score (nSPS) is 17.6. The third kappa shape index (κ3) is 4.92. The number of piperidine rings is 1. The molecule has 0 radical (unpaired) electrons. The van der Waals surface area contributed by atoms with Crippen LogP contribution in [-0.4, -0.2) is 40.2 Å². The molecule has 1 fully saturated rings. The highest BCUT2D eigenvalue weighted by molar-refractivity contribution is 5.94. The van der Waals surface area contributed by atoms with Gasteiger partial charge < -0.3 is 10.1 Å². The van der Waals surface area contributed by atoms with E-state index >= 15 is 0 Å². The molecule has 7 heteroatoms. The molecule has 1 unspecified atom stereocenters. The van der Waals surface area contributed by atoms with Crippen LogP contribution in [0.25, 0.3) is 0 Å². The summed E-state index contributed by atoms with van der Waals surface area (Å²) in [5.74, 6) is -0.319. The van der Waals surface area contributed by atoms with E-state index in [9.17, 15) is 9.59 Å². The molecule has 0 aromatic carbocycles. The molecule has 0 aliphatic carbocycles. The van der Waals surface area contributed by atoms with Crippen LogP contribution in [0.2, 0.25) is 0 Å². The topological polar surface area (TPSA) is 95.3 Å². The first-order valence-corrected chi connectivity index (χ1v) is 8.38. The standard InChI is InChI=1S/C18H24N4O3/c1-12-9-13(11-20-14(12)10-19)16(23)21-15-7-5-6-8-22(15)17(24)25-18(2,3)4/h9,11,15H,5-8H2,1-4H3,(H,21,23). The second-order valence-corrected chi connectivity index (χ2v) is 7.16. The van der Waals surface area contributed by atoms with Gasteiger partial charge in [-0.25, -0.2) is 9.78 Å². The van der Waals surface area contributed by atoms with Crippen molar-refractivity contribution >= 4 is 12.0 Å². The maximum absolute atomic E-state index is 12.5. The predicted molar refractivity (Wildman–Crippen MR) is 91.7 cm³/mol. The number of carbonyl (C=O) groups excluding carboxylic acids is 2. The number of likely N-dealkylation sites (tertiary alicyclic amines) is 1. The lowest BCUT2D eigenvalue weighted by molar-refractivity contribution is 0.00602. The number of rotatable bonds is 2. The summed E-state index contributed by atoms with van der Waals surface area (Å²) in [6, 6.07) is 3.60. The number of nitrogens with zero attached hydrogens (tertiary/aromatic N) is 3. The minimum absolute atomic E-state index is 0.296. The summed E-state index contributed by atoms with van der Waals surface area (Å²) in [5, 5.41) is 11.8. The zero-order valence-electron chi connectivity index (χ0n) is 15.1. The van der Waals surface area contributed by atoms with Crippen molar-refractivity contribution < 1.29 is 14.3 Å². The first-order chi connectivity index (χ1) is 11.7. The summed E-state index contributed by atoms with van der Waals surface area (Å²) < 4.78 is 5.43. The second-order valence-electron chi connectivity index (χ2n) is 7.16. The van der Waals surface area contributed by atoms with E-state index in [0.29, 0.717) is 29.8 Å². The van der Waals surface area contributed by atoms with Gasteiger partial charge in [-0.1, -0.05) is 0 Å². The quantitative estimate of drug-likeness (QED) is 0.890. The molecule has 0 spiro atoms. The number of hydrogen-bond acceptors (Lipinski definition) is 5. The molecule has 1 aromatic heterocycles. The number of hydrogen-bond donors (Lipinski definition) is 1. The molecule has 1 aliphatic rings. The molecule has 1 atom stereocenters. The van der Waals surface area contributed by atoms with Gasteiger partial charge in [-0.15, -0.1) is 0 Å². The SMILES string of the molecule is Cc1cc(C(=O)NC2CCCCN2C(=O)OC(C)(C)C)cnc1C#N. The molecule has 7 nitrogen and oxygen atoms in total. The minimum Gasteiger partial charge on any atom is -0.444 e. The number of carbonyl (C=O) groups is 2. The summed E-state index contributed by atoms with van der Waals surface area (Å²) in [4.78, 5) is 30.4. The van der Waals surface area contributed by atoms with Crippen molar-refractivity contribution in [1.29, 1.82) is 5.26 Å². The van der Waals surface area contributed by atoms with Gasteiger partial charge >= 0.3 is 6.09 Å². The summed E-state index contributed by atoms with van der Waals surface area (Å²) in [7, 11) is 0. The highest BCUT2D eigenvalue weighted by atomic mass is 16.6. The van der Waals surface area contributed by atoms with Crippen LogP contribution in [0.3, 0.4) is 0 Å². The Morgan fingerprint density at radius 2 is 2.12 bits per heavy atom. The molecule has 2 heterocycles. The van der Waals surface area contributed by atoms with E-state index < -0.39 is 17.9 Å². The number of ether oxygens (including phenoxy) is 1. The molecule has 2 amide bonds. The maximum Gasteiger partial charge on any atom is 0.411 e. The fourth-order valence-corrected chi connectivity index (χ4v) is 2.67. The van der Waals surface area contributed by atoms with Crippen molar-refractivity contribution in [2.24, 2.45) is 0 Å². The molecule has 1 aliphatic heterocycles. The molecule has 0 saturated carbocycles. The highest BCUT2D eigenvalue weighted by Crippen LogP contribution is 2.19. The smallest absolute Gasteiger partial charge is 0.411 e. The molecular formula is C18H24N4O3. The fourth-order valence-electron chi connectivity index (χ4n) is 2.67. The van der Waals surface area contributed by atoms with E-state index in [1.165, 1.54) is 6.20 Å². The van der Waals surface area contributed by atoms with Gasteiger partial charge in [0, 0.05) is 12.7 Å². The number of nitrogens with one attached hydrogen (secondary N) is 1.